The van der Waals surface area contributed by atoms with Crippen molar-refractivity contribution >= 4 is 11.9 Å². The molecule has 0 atom stereocenters. The third kappa shape index (κ3) is 3.49. The van der Waals surface area contributed by atoms with E-state index in [1.54, 1.807) is 0 Å². The normalized spacial score (nSPS) is 10.0. The molecule has 0 spiro atoms. The summed E-state index contributed by atoms with van der Waals surface area (Å²) in [5, 5.41) is 17.2. The third-order valence-corrected chi connectivity index (χ3v) is 1.07. The van der Waals surface area contributed by atoms with Crippen LogP contribution in [-0.4, -0.2) is 22.6 Å². The minimum Gasteiger partial charge on any atom is -0.387 e. The number of rotatable bonds is 2. The van der Waals surface area contributed by atoms with Gasteiger partial charge in [0, 0.05) is 0 Å². The van der Waals surface area contributed by atoms with Gasteiger partial charge in [0.05, 0.1) is 0 Å². The van der Waals surface area contributed by atoms with Gasteiger partial charge in [-0.1, -0.05) is 6.58 Å². The van der Waals surface area contributed by atoms with E-state index in [0.29, 0.717) is 0 Å². The van der Waals surface area contributed by atoms with Crippen LogP contribution in [0.4, 0.5) is 0 Å². The molecule has 0 unspecified atom stereocenters. The summed E-state index contributed by atoms with van der Waals surface area (Å²) < 4.78 is 4.12. The van der Waals surface area contributed by atoms with Crippen LogP contribution < -0.4 is 0 Å². The van der Waals surface area contributed by atoms with Crippen LogP contribution in [0.5, 0.6) is 0 Å². The fourth-order valence-corrected chi connectivity index (χ4v) is 0.316. The number of nitrogens with zero attached hydrogens (tertiary/aromatic N) is 1. The van der Waals surface area contributed by atoms with Gasteiger partial charge >= 0.3 is 11.9 Å². The lowest BCUT2D eigenvalue weighted by Gasteiger charge is -2.13. The van der Waals surface area contributed by atoms with Crippen LogP contribution in [0.3, 0.4) is 0 Å². The van der Waals surface area contributed by atoms with Crippen molar-refractivity contribution in [3.8, 4) is 6.07 Å². The first-order chi connectivity index (χ1) is 5.79. The number of ether oxygens (including phenoxy) is 1. The largest absolute Gasteiger partial charge is 0.387 e. The zero-order valence-electron chi connectivity index (χ0n) is 7.33. The van der Waals surface area contributed by atoms with Gasteiger partial charge in [-0.15, -0.1) is 0 Å². The Hall–Kier alpha value is -1.67. The van der Waals surface area contributed by atoms with Gasteiger partial charge in [0.1, 0.15) is 11.6 Å². The Morgan fingerprint density at radius 1 is 1.54 bits per heavy atom. The van der Waals surface area contributed by atoms with Crippen molar-refractivity contribution in [1.29, 1.82) is 5.26 Å². The SMILES string of the molecule is C=C(C#N)C(=O)OC(=O)C(C)(C)O. The molecule has 70 valence electrons. The highest BCUT2D eigenvalue weighted by molar-refractivity contribution is 6.00. The Morgan fingerprint density at radius 3 is 2.31 bits per heavy atom. The minimum atomic E-state index is -1.76. The van der Waals surface area contributed by atoms with Gasteiger partial charge in [0.25, 0.3) is 0 Å². The Labute approximate surface area is 75.2 Å². The van der Waals surface area contributed by atoms with Gasteiger partial charge in [-0.3, -0.25) is 0 Å². The second-order valence-electron chi connectivity index (χ2n) is 2.83. The molecule has 0 radical (unpaired) electrons. The molecule has 0 bridgehead atoms. The lowest BCUT2D eigenvalue weighted by Crippen LogP contribution is -2.34. The zero-order valence-corrected chi connectivity index (χ0v) is 7.33. The van der Waals surface area contributed by atoms with Crippen LogP contribution in [-0.2, 0) is 14.3 Å². The Bertz CT molecular complexity index is 292. The zero-order chi connectivity index (χ0) is 10.6. The van der Waals surface area contributed by atoms with Gasteiger partial charge in [0.15, 0.2) is 5.60 Å². The summed E-state index contributed by atoms with van der Waals surface area (Å²) in [6.45, 7) is 5.37. The van der Waals surface area contributed by atoms with E-state index in [1.165, 1.54) is 6.07 Å². The highest BCUT2D eigenvalue weighted by Crippen LogP contribution is 2.05. The van der Waals surface area contributed by atoms with Gasteiger partial charge in [-0.25, -0.2) is 9.59 Å². The molecule has 5 nitrogen and oxygen atoms in total. The molecular weight excluding hydrogens is 174 g/mol. The van der Waals surface area contributed by atoms with Crippen molar-refractivity contribution in [3.05, 3.63) is 12.2 Å². The van der Waals surface area contributed by atoms with Crippen LogP contribution in [0, 0.1) is 11.3 Å². The summed E-state index contributed by atoms with van der Waals surface area (Å²) >= 11 is 0. The van der Waals surface area contributed by atoms with Crippen molar-refractivity contribution in [1.82, 2.24) is 0 Å². The van der Waals surface area contributed by atoms with Crippen LogP contribution in [0.2, 0.25) is 0 Å². The second kappa shape index (κ2) is 3.83. The molecule has 0 saturated heterocycles. The number of carbonyl (C=O) groups is 2. The Morgan fingerprint density at radius 2 is 2.00 bits per heavy atom. The van der Waals surface area contributed by atoms with Crippen LogP contribution in [0.15, 0.2) is 12.2 Å². The van der Waals surface area contributed by atoms with Gasteiger partial charge in [0.2, 0.25) is 0 Å². The topological polar surface area (TPSA) is 87.4 Å². The maximum Gasteiger partial charge on any atom is 0.355 e. The van der Waals surface area contributed by atoms with Gasteiger partial charge < -0.3 is 9.84 Å². The van der Waals surface area contributed by atoms with E-state index in [9.17, 15) is 9.59 Å². The maximum absolute atomic E-state index is 10.9. The molecule has 0 aliphatic heterocycles. The minimum absolute atomic E-state index is 0.488. The number of esters is 2. The van der Waals surface area contributed by atoms with Crippen molar-refractivity contribution in [2.75, 3.05) is 0 Å². The smallest absolute Gasteiger partial charge is 0.355 e. The molecule has 0 saturated carbocycles. The predicted octanol–water partition coefficient (Wildman–Crippen LogP) is -0.0931. The second-order valence-corrected chi connectivity index (χ2v) is 2.83. The van der Waals surface area contributed by atoms with Gasteiger partial charge in [-0.05, 0) is 13.8 Å². The number of hydrogen-bond acceptors (Lipinski definition) is 5. The number of nitriles is 1. The molecule has 0 fully saturated rings. The molecule has 0 aliphatic rings. The molecule has 0 aromatic carbocycles. The molecular formula is C8H9NO4. The number of carbonyl (C=O) groups excluding carboxylic acids is 2. The van der Waals surface area contributed by atoms with E-state index in [-0.39, 0.29) is 0 Å². The maximum atomic E-state index is 10.9. The van der Waals surface area contributed by atoms with E-state index >= 15 is 0 Å². The van der Waals surface area contributed by atoms with Gasteiger partial charge in [-0.2, -0.15) is 5.26 Å². The lowest BCUT2D eigenvalue weighted by atomic mass is 10.1. The van der Waals surface area contributed by atoms with Crippen molar-refractivity contribution in [2.24, 2.45) is 0 Å². The molecule has 0 amide bonds. The highest BCUT2D eigenvalue weighted by Gasteiger charge is 2.28. The Kier molecular flexibility index (Phi) is 3.33. The van der Waals surface area contributed by atoms with E-state index < -0.39 is 23.1 Å². The fraction of sp³-hybridized carbons (Fsp3) is 0.375. The van der Waals surface area contributed by atoms with Crippen molar-refractivity contribution < 1.29 is 19.4 Å². The average Bonchev–Trinajstić information content (AvgIpc) is 2.01. The average molecular weight is 183 g/mol. The van der Waals surface area contributed by atoms with E-state index in [0.717, 1.165) is 13.8 Å². The predicted molar refractivity (Wildman–Crippen MR) is 42.1 cm³/mol. The summed E-state index contributed by atoms with van der Waals surface area (Å²) in [5.74, 6) is -2.26. The van der Waals surface area contributed by atoms with Crippen LogP contribution in [0.1, 0.15) is 13.8 Å². The standard InChI is InChI=1S/C8H9NO4/c1-5(4-9)6(10)13-7(11)8(2,3)12/h12H,1H2,2-3H3. The summed E-state index contributed by atoms with van der Waals surface area (Å²) in [6, 6.07) is 1.42. The Balaban J connectivity index is 4.35. The fourth-order valence-electron chi connectivity index (χ4n) is 0.316. The van der Waals surface area contributed by atoms with Crippen molar-refractivity contribution in [2.45, 2.75) is 19.4 Å². The monoisotopic (exact) mass is 183 g/mol. The highest BCUT2D eigenvalue weighted by atomic mass is 16.6. The van der Waals surface area contributed by atoms with Crippen LogP contribution >= 0.6 is 0 Å². The lowest BCUT2D eigenvalue weighted by molar-refractivity contribution is -0.169. The molecule has 0 aliphatic carbocycles. The van der Waals surface area contributed by atoms with Crippen LogP contribution in [0.25, 0.3) is 0 Å². The van der Waals surface area contributed by atoms with E-state index in [1.807, 2.05) is 0 Å². The molecule has 0 rings (SSSR count). The molecule has 13 heavy (non-hydrogen) atoms. The summed E-state index contributed by atoms with van der Waals surface area (Å²) in [7, 11) is 0. The van der Waals surface area contributed by atoms with E-state index in [4.69, 9.17) is 10.4 Å². The number of hydrogen-bond donors (Lipinski definition) is 1. The molecule has 1 N–H and O–H groups in total. The molecule has 0 heterocycles. The van der Waals surface area contributed by atoms with Crippen molar-refractivity contribution in [3.63, 3.8) is 0 Å². The first-order valence-corrected chi connectivity index (χ1v) is 3.37. The summed E-state index contributed by atoms with van der Waals surface area (Å²) in [4.78, 5) is 21.6. The molecule has 5 heteroatoms. The van der Waals surface area contributed by atoms with E-state index in [2.05, 4.69) is 11.3 Å². The quantitative estimate of drug-likeness (QED) is 0.279. The first-order valence-electron chi connectivity index (χ1n) is 3.37. The first kappa shape index (κ1) is 11.3. The number of aliphatic hydroxyl groups is 1. The summed E-state index contributed by atoms with van der Waals surface area (Å²) in [5.41, 5.74) is -2.25. The molecule has 0 aromatic heterocycles. The third-order valence-electron chi connectivity index (χ3n) is 1.07. The summed E-state index contributed by atoms with van der Waals surface area (Å²) in [6.07, 6.45) is 0. The molecule has 0 aromatic rings.